The van der Waals surface area contributed by atoms with Crippen LogP contribution in [0.3, 0.4) is 0 Å². The van der Waals surface area contributed by atoms with E-state index in [1.807, 2.05) is 6.92 Å². The Labute approximate surface area is 127 Å². The molecule has 0 bridgehead atoms. The molecular weight excluding hydrogens is 285 g/mol. The van der Waals surface area contributed by atoms with Crippen LogP contribution < -0.4 is 4.90 Å². The first-order chi connectivity index (χ1) is 10.6. The van der Waals surface area contributed by atoms with Crippen molar-refractivity contribution in [1.29, 1.82) is 0 Å². The summed E-state index contributed by atoms with van der Waals surface area (Å²) in [6, 6.07) is 0. The average molecular weight is 303 g/mol. The van der Waals surface area contributed by atoms with Gasteiger partial charge in [-0.05, 0) is 14.0 Å². The molecule has 1 atom stereocenters. The van der Waals surface area contributed by atoms with Crippen molar-refractivity contribution < 1.29 is 4.39 Å². The lowest BCUT2D eigenvalue weighted by Crippen LogP contribution is -2.60. The molecule has 4 rings (SSSR count). The molecule has 0 saturated carbocycles. The molecule has 2 aliphatic heterocycles. The van der Waals surface area contributed by atoms with Crippen LogP contribution in [0.5, 0.6) is 0 Å². The van der Waals surface area contributed by atoms with E-state index >= 15 is 0 Å². The fraction of sp³-hybridized carbons (Fsp3) is 0.571. The van der Waals surface area contributed by atoms with Crippen molar-refractivity contribution in [3.8, 4) is 0 Å². The minimum absolute atomic E-state index is 0.126. The maximum Gasteiger partial charge on any atom is 0.225 e. The van der Waals surface area contributed by atoms with Crippen LogP contribution in [0.4, 0.5) is 10.3 Å². The van der Waals surface area contributed by atoms with Crippen LogP contribution in [0, 0.1) is 18.2 Å². The highest BCUT2D eigenvalue weighted by Gasteiger charge is 2.55. The molecule has 0 radical (unpaired) electrons. The number of aromatic nitrogens is 5. The molecule has 0 amide bonds. The molecule has 7 nitrogen and oxygen atoms in total. The molecule has 2 aromatic heterocycles. The number of aryl methyl sites for hydroxylation is 1. The Morgan fingerprint density at radius 2 is 2.00 bits per heavy atom. The van der Waals surface area contributed by atoms with Gasteiger partial charge in [0.05, 0.1) is 12.4 Å². The monoisotopic (exact) mass is 303 g/mol. The highest BCUT2D eigenvalue weighted by Crippen LogP contribution is 2.48. The molecule has 116 valence electrons. The molecule has 1 N–H and O–H groups in total. The quantitative estimate of drug-likeness (QED) is 0.875. The lowest BCUT2D eigenvalue weighted by Gasteiger charge is -2.50. The van der Waals surface area contributed by atoms with E-state index in [1.165, 1.54) is 12.4 Å². The highest BCUT2D eigenvalue weighted by molar-refractivity contribution is 5.38. The predicted octanol–water partition coefficient (Wildman–Crippen LogP) is 0.578. The third-order valence-electron chi connectivity index (χ3n) is 4.65. The Morgan fingerprint density at radius 1 is 1.27 bits per heavy atom. The molecule has 1 spiro atoms. The van der Waals surface area contributed by atoms with E-state index in [4.69, 9.17) is 0 Å². The number of hydrogen-bond acceptors (Lipinski definition) is 6. The number of hydrogen-bond donors (Lipinski definition) is 1. The fourth-order valence-corrected chi connectivity index (χ4v) is 3.73. The molecular formula is C14H18FN7. The molecule has 2 fully saturated rings. The summed E-state index contributed by atoms with van der Waals surface area (Å²) in [5.41, 5.74) is 0.126. The first-order valence-corrected chi connectivity index (χ1v) is 7.36. The van der Waals surface area contributed by atoms with Crippen LogP contribution in [-0.4, -0.2) is 63.3 Å². The van der Waals surface area contributed by atoms with Crippen molar-refractivity contribution in [2.75, 3.05) is 38.1 Å². The summed E-state index contributed by atoms with van der Waals surface area (Å²) in [6.45, 7) is 5.57. The second-order valence-corrected chi connectivity index (χ2v) is 6.45. The van der Waals surface area contributed by atoms with Gasteiger partial charge in [-0.1, -0.05) is 0 Å². The normalized spacial score (nSPS) is 24.0. The van der Waals surface area contributed by atoms with Gasteiger partial charge in [0.1, 0.15) is 5.82 Å². The maximum absolute atomic E-state index is 12.9. The zero-order valence-electron chi connectivity index (χ0n) is 12.6. The third kappa shape index (κ3) is 2.06. The molecule has 2 aliphatic rings. The molecule has 22 heavy (non-hydrogen) atoms. The second kappa shape index (κ2) is 4.70. The first kappa shape index (κ1) is 13.6. The van der Waals surface area contributed by atoms with E-state index in [1.54, 1.807) is 0 Å². The van der Waals surface area contributed by atoms with Crippen LogP contribution in [0.2, 0.25) is 0 Å². The number of anilines is 1. The van der Waals surface area contributed by atoms with Crippen molar-refractivity contribution in [3.63, 3.8) is 0 Å². The number of aromatic amines is 1. The van der Waals surface area contributed by atoms with E-state index in [2.05, 4.69) is 42.0 Å². The van der Waals surface area contributed by atoms with Gasteiger partial charge in [-0.2, -0.15) is 5.10 Å². The fourth-order valence-electron chi connectivity index (χ4n) is 3.73. The highest BCUT2D eigenvalue weighted by atomic mass is 19.1. The van der Waals surface area contributed by atoms with E-state index in [0.29, 0.717) is 11.9 Å². The Morgan fingerprint density at radius 3 is 2.64 bits per heavy atom. The second-order valence-electron chi connectivity index (χ2n) is 6.45. The Hall–Kier alpha value is -2.09. The van der Waals surface area contributed by atoms with Crippen molar-refractivity contribution >= 4 is 5.95 Å². The zero-order chi connectivity index (χ0) is 15.3. The van der Waals surface area contributed by atoms with Crippen LogP contribution in [-0.2, 0) is 0 Å². The van der Waals surface area contributed by atoms with Gasteiger partial charge in [-0.15, -0.1) is 0 Å². The minimum atomic E-state index is -0.409. The lowest BCUT2D eigenvalue weighted by atomic mass is 9.71. The van der Waals surface area contributed by atoms with Gasteiger partial charge in [-0.25, -0.2) is 19.3 Å². The van der Waals surface area contributed by atoms with Gasteiger partial charge >= 0.3 is 0 Å². The lowest BCUT2D eigenvalue weighted by molar-refractivity contribution is 0.190. The molecule has 0 aliphatic carbocycles. The first-order valence-electron chi connectivity index (χ1n) is 7.36. The van der Waals surface area contributed by atoms with Gasteiger partial charge < -0.3 is 9.80 Å². The van der Waals surface area contributed by atoms with Gasteiger partial charge in [0.25, 0.3) is 0 Å². The average Bonchev–Trinajstić information content (AvgIpc) is 3.01. The molecule has 0 aromatic carbocycles. The number of nitrogens with one attached hydrogen (secondary N) is 1. The number of likely N-dealkylation sites (tertiary alicyclic amines) is 1. The summed E-state index contributed by atoms with van der Waals surface area (Å²) < 4.78 is 12.9. The Bertz CT molecular complexity index is 677. The number of rotatable bonds is 2. The molecule has 2 saturated heterocycles. The number of halogens is 1. The maximum atomic E-state index is 12.9. The van der Waals surface area contributed by atoms with Gasteiger partial charge in [0.15, 0.2) is 11.6 Å². The van der Waals surface area contributed by atoms with Crippen molar-refractivity contribution in [2.24, 2.45) is 5.41 Å². The Balaban J connectivity index is 1.55. The third-order valence-corrected chi connectivity index (χ3v) is 4.65. The van der Waals surface area contributed by atoms with Crippen LogP contribution in [0.15, 0.2) is 12.4 Å². The van der Waals surface area contributed by atoms with E-state index in [0.717, 1.165) is 37.8 Å². The largest absolute Gasteiger partial charge is 0.339 e. The van der Waals surface area contributed by atoms with Gasteiger partial charge in [0.2, 0.25) is 5.95 Å². The van der Waals surface area contributed by atoms with E-state index in [9.17, 15) is 4.39 Å². The zero-order valence-corrected chi connectivity index (χ0v) is 12.6. The smallest absolute Gasteiger partial charge is 0.225 e. The molecule has 1 unspecified atom stereocenters. The van der Waals surface area contributed by atoms with Crippen LogP contribution in [0.25, 0.3) is 0 Å². The molecule has 2 aromatic rings. The Kier molecular flexibility index (Phi) is 2.90. The summed E-state index contributed by atoms with van der Waals surface area (Å²) in [5.74, 6) is 2.22. The summed E-state index contributed by atoms with van der Waals surface area (Å²) in [5, 5.41) is 7.29. The van der Waals surface area contributed by atoms with Crippen molar-refractivity contribution in [3.05, 3.63) is 29.9 Å². The summed E-state index contributed by atoms with van der Waals surface area (Å²) in [4.78, 5) is 17.1. The number of likely N-dealkylation sites (N-methyl/N-ethyl adjacent to an activating group) is 1. The van der Waals surface area contributed by atoms with E-state index in [-0.39, 0.29) is 5.41 Å². The van der Waals surface area contributed by atoms with E-state index < -0.39 is 5.82 Å². The van der Waals surface area contributed by atoms with Gasteiger partial charge in [0, 0.05) is 37.5 Å². The summed E-state index contributed by atoms with van der Waals surface area (Å²) in [6.07, 6.45) is 2.43. The van der Waals surface area contributed by atoms with Crippen LogP contribution in [0.1, 0.15) is 17.6 Å². The van der Waals surface area contributed by atoms with Crippen molar-refractivity contribution in [1.82, 2.24) is 30.0 Å². The van der Waals surface area contributed by atoms with Crippen molar-refractivity contribution in [2.45, 2.75) is 12.8 Å². The van der Waals surface area contributed by atoms with Crippen LogP contribution >= 0.6 is 0 Å². The topological polar surface area (TPSA) is 73.8 Å². The van der Waals surface area contributed by atoms with Gasteiger partial charge in [-0.3, -0.25) is 5.10 Å². The minimum Gasteiger partial charge on any atom is -0.339 e. The predicted molar refractivity (Wildman–Crippen MR) is 78.0 cm³/mol. The summed E-state index contributed by atoms with van der Waals surface area (Å²) in [7, 11) is 2.12. The molecule has 8 heteroatoms. The summed E-state index contributed by atoms with van der Waals surface area (Å²) >= 11 is 0. The standard InChI is InChI=1S/C14H18FN7/c1-9-18-12(20-19-9)11-5-21(2)6-14(11)7-22(8-14)13-16-3-10(15)4-17-13/h3-4,11H,5-8H2,1-2H3,(H,18,19,20). The molecule has 4 heterocycles. The number of nitrogens with zero attached hydrogens (tertiary/aromatic N) is 6. The SMILES string of the molecule is Cc1nc(C2CN(C)CC23CN(c2ncc(F)cn2)C3)n[nH]1. The number of H-pyrrole nitrogens is 1.